The van der Waals surface area contributed by atoms with E-state index in [9.17, 15) is 14.4 Å². The molecule has 3 amide bonds. The van der Waals surface area contributed by atoms with Crippen molar-refractivity contribution in [3.05, 3.63) is 20.3 Å². The predicted molar refractivity (Wildman–Crippen MR) is 72.6 cm³/mol. The molecule has 1 aliphatic heterocycles. The van der Waals surface area contributed by atoms with Crippen LogP contribution in [-0.2, 0) is 9.59 Å². The predicted octanol–water partition coefficient (Wildman–Crippen LogP) is 1.93. The van der Waals surface area contributed by atoms with Gasteiger partial charge in [0.2, 0.25) is 5.91 Å². The molecule has 19 heavy (non-hydrogen) atoms. The number of piperazine rings is 1. The summed E-state index contributed by atoms with van der Waals surface area (Å²) in [6, 6.07) is 1.43. The van der Waals surface area contributed by atoms with E-state index in [1.54, 1.807) is 13.8 Å². The SMILES string of the molecule is CC1(C)C(=O)NC(=O)CN1C(=O)c1cc(Cl)sc1Cl. The average Bonchev–Trinajstić information content (AvgIpc) is 2.62. The highest BCUT2D eigenvalue weighted by molar-refractivity contribution is 7.20. The molecule has 0 unspecified atom stereocenters. The van der Waals surface area contributed by atoms with Crippen LogP contribution in [0, 0.1) is 0 Å². The summed E-state index contributed by atoms with van der Waals surface area (Å²) < 4.78 is 0.614. The maximum Gasteiger partial charge on any atom is 0.257 e. The fourth-order valence-electron chi connectivity index (χ4n) is 1.74. The number of nitrogens with one attached hydrogen (secondary N) is 1. The first kappa shape index (κ1) is 14.3. The highest BCUT2D eigenvalue weighted by atomic mass is 35.5. The second kappa shape index (κ2) is 4.77. The van der Waals surface area contributed by atoms with Gasteiger partial charge in [0.15, 0.2) is 0 Å². The molecule has 1 aromatic rings. The van der Waals surface area contributed by atoms with Gasteiger partial charge < -0.3 is 4.90 Å². The minimum atomic E-state index is -1.12. The van der Waals surface area contributed by atoms with Crippen molar-refractivity contribution in [3.8, 4) is 0 Å². The van der Waals surface area contributed by atoms with Gasteiger partial charge in [-0.2, -0.15) is 0 Å². The molecule has 0 bridgehead atoms. The van der Waals surface area contributed by atoms with Gasteiger partial charge in [0.25, 0.3) is 11.8 Å². The molecule has 102 valence electrons. The zero-order valence-corrected chi connectivity index (χ0v) is 12.4. The first-order valence-corrected chi connectivity index (χ1v) is 6.92. The van der Waals surface area contributed by atoms with E-state index in [0.29, 0.717) is 4.34 Å². The lowest BCUT2D eigenvalue weighted by molar-refractivity contribution is -0.143. The van der Waals surface area contributed by atoms with E-state index < -0.39 is 23.3 Å². The molecule has 0 saturated carbocycles. The first-order valence-electron chi connectivity index (χ1n) is 5.34. The third-order valence-corrected chi connectivity index (χ3v) is 4.40. The van der Waals surface area contributed by atoms with E-state index in [1.807, 2.05) is 0 Å². The summed E-state index contributed by atoms with van der Waals surface area (Å²) in [6.07, 6.45) is 0. The van der Waals surface area contributed by atoms with Crippen molar-refractivity contribution in [1.29, 1.82) is 0 Å². The molecule has 8 heteroatoms. The number of amides is 3. The molecule has 1 aromatic heterocycles. The summed E-state index contributed by atoms with van der Waals surface area (Å²) in [7, 11) is 0. The molecule has 0 aromatic carbocycles. The van der Waals surface area contributed by atoms with Crippen molar-refractivity contribution in [1.82, 2.24) is 10.2 Å². The van der Waals surface area contributed by atoms with Crippen LogP contribution in [0.25, 0.3) is 0 Å². The van der Waals surface area contributed by atoms with E-state index in [4.69, 9.17) is 23.2 Å². The van der Waals surface area contributed by atoms with Crippen LogP contribution in [0.2, 0.25) is 8.67 Å². The Kier molecular flexibility index (Phi) is 3.59. The van der Waals surface area contributed by atoms with Gasteiger partial charge in [0, 0.05) is 0 Å². The molecule has 0 atom stereocenters. The van der Waals surface area contributed by atoms with Gasteiger partial charge in [0.1, 0.15) is 16.4 Å². The lowest BCUT2D eigenvalue weighted by Crippen LogP contribution is -2.65. The van der Waals surface area contributed by atoms with E-state index in [1.165, 1.54) is 11.0 Å². The second-order valence-electron chi connectivity index (χ2n) is 4.57. The molecule has 0 aliphatic carbocycles. The van der Waals surface area contributed by atoms with E-state index in [-0.39, 0.29) is 16.4 Å². The van der Waals surface area contributed by atoms with Crippen LogP contribution in [0.4, 0.5) is 0 Å². The Morgan fingerprint density at radius 2 is 2.05 bits per heavy atom. The van der Waals surface area contributed by atoms with Crippen molar-refractivity contribution in [2.75, 3.05) is 6.54 Å². The molecular formula is C11H10Cl2N2O3S. The summed E-state index contributed by atoms with van der Waals surface area (Å²) in [5.74, 6) is -1.52. The average molecular weight is 321 g/mol. The number of nitrogens with zero attached hydrogens (tertiary/aromatic N) is 1. The summed E-state index contributed by atoms with van der Waals surface area (Å²) >= 11 is 12.8. The fourth-order valence-corrected chi connectivity index (χ4v) is 3.19. The summed E-state index contributed by atoms with van der Waals surface area (Å²) in [6.45, 7) is 2.93. The monoisotopic (exact) mass is 320 g/mol. The van der Waals surface area contributed by atoms with Crippen LogP contribution in [0.15, 0.2) is 6.07 Å². The Morgan fingerprint density at radius 3 is 2.58 bits per heavy atom. The van der Waals surface area contributed by atoms with E-state index >= 15 is 0 Å². The van der Waals surface area contributed by atoms with Gasteiger partial charge in [-0.3, -0.25) is 19.7 Å². The Bertz CT molecular complexity index is 582. The molecule has 2 heterocycles. The Labute approximate surface area is 123 Å². The fraction of sp³-hybridized carbons (Fsp3) is 0.364. The van der Waals surface area contributed by atoms with Crippen molar-refractivity contribution in [2.24, 2.45) is 0 Å². The maximum atomic E-state index is 12.4. The smallest absolute Gasteiger partial charge is 0.257 e. The van der Waals surface area contributed by atoms with Crippen LogP contribution in [0.5, 0.6) is 0 Å². The van der Waals surface area contributed by atoms with Crippen molar-refractivity contribution in [3.63, 3.8) is 0 Å². The molecule has 2 rings (SSSR count). The number of imide groups is 1. The van der Waals surface area contributed by atoms with E-state index in [0.717, 1.165) is 11.3 Å². The molecular weight excluding hydrogens is 311 g/mol. The summed E-state index contributed by atoms with van der Waals surface area (Å²) in [4.78, 5) is 36.8. The Morgan fingerprint density at radius 1 is 1.42 bits per heavy atom. The minimum Gasteiger partial charge on any atom is -0.315 e. The van der Waals surface area contributed by atoms with Crippen molar-refractivity contribution >= 4 is 52.3 Å². The Balaban J connectivity index is 2.39. The number of thiophene rings is 1. The zero-order chi connectivity index (χ0) is 14.4. The number of hydrogen-bond acceptors (Lipinski definition) is 4. The van der Waals surface area contributed by atoms with Gasteiger partial charge in [-0.05, 0) is 19.9 Å². The van der Waals surface area contributed by atoms with Crippen LogP contribution >= 0.6 is 34.5 Å². The van der Waals surface area contributed by atoms with Crippen LogP contribution in [-0.4, -0.2) is 34.7 Å². The largest absolute Gasteiger partial charge is 0.315 e. The highest BCUT2D eigenvalue weighted by Gasteiger charge is 2.44. The molecule has 5 nitrogen and oxygen atoms in total. The normalized spacial score (nSPS) is 18.4. The van der Waals surface area contributed by atoms with Gasteiger partial charge in [0.05, 0.1) is 9.90 Å². The van der Waals surface area contributed by atoms with Gasteiger partial charge >= 0.3 is 0 Å². The second-order valence-corrected chi connectivity index (χ2v) is 6.85. The molecule has 0 radical (unpaired) electrons. The van der Waals surface area contributed by atoms with Crippen molar-refractivity contribution in [2.45, 2.75) is 19.4 Å². The number of hydrogen-bond donors (Lipinski definition) is 1. The number of rotatable bonds is 1. The molecule has 1 saturated heterocycles. The summed E-state index contributed by atoms with van der Waals surface area (Å²) in [5, 5.41) is 2.20. The molecule has 1 N–H and O–H groups in total. The van der Waals surface area contributed by atoms with Crippen molar-refractivity contribution < 1.29 is 14.4 Å². The molecule has 1 aliphatic rings. The van der Waals surface area contributed by atoms with Crippen LogP contribution in [0.1, 0.15) is 24.2 Å². The van der Waals surface area contributed by atoms with Crippen LogP contribution in [0.3, 0.4) is 0 Å². The highest BCUT2D eigenvalue weighted by Crippen LogP contribution is 2.33. The number of carbonyl (C=O) groups is 3. The maximum absolute atomic E-state index is 12.4. The third-order valence-electron chi connectivity index (χ3n) is 2.92. The van der Waals surface area contributed by atoms with Gasteiger partial charge in [-0.15, -0.1) is 11.3 Å². The standard InChI is InChI=1S/C11H10Cl2N2O3S/c1-11(2)10(18)14-7(16)4-15(11)9(17)5-3-6(12)19-8(5)13/h3H,4H2,1-2H3,(H,14,16,18). The lowest BCUT2D eigenvalue weighted by Gasteiger charge is -2.40. The third kappa shape index (κ3) is 2.48. The lowest BCUT2D eigenvalue weighted by atomic mass is 9.98. The summed E-state index contributed by atoms with van der Waals surface area (Å²) in [5.41, 5.74) is -0.921. The quantitative estimate of drug-likeness (QED) is 0.804. The zero-order valence-electron chi connectivity index (χ0n) is 10.1. The molecule has 0 spiro atoms. The number of halogens is 2. The first-order chi connectivity index (χ1) is 8.73. The number of carbonyl (C=O) groups excluding carboxylic acids is 3. The topological polar surface area (TPSA) is 66.5 Å². The van der Waals surface area contributed by atoms with Gasteiger partial charge in [-0.1, -0.05) is 23.2 Å². The molecule has 1 fully saturated rings. The van der Waals surface area contributed by atoms with Crippen LogP contribution < -0.4 is 5.32 Å². The van der Waals surface area contributed by atoms with Gasteiger partial charge in [-0.25, -0.2) is 0 Å². The Hall–Kier alpha value is -1.11. The van der Waals surface area contributed by atoms with E-state index in [2.05, 4.69) is 5.32 Å². The minimum absolute atomic E-state index is 0.193.